The Balaban J connectivity index is 1.89. The van der Waals surface area contributed by atoms with Gasteiger partial charge in [0.2, 0.25) is 5.88 Å². The van der Waals surface area contributed by atoms with Crippen LogP contribution in [0.5, 0.6) is 5.88 Å². The maximum atomic E-state index is 14.6. The van der Waals surface area contributed by atoms with Gasteiger partial charge in [-0.2, -0.15) is 0 Å². The van der Waals surface area contributed by atoms with Crippen molar-refractivity contribution in [1.82, 2.24) is 9.13 Å². The van der Waals surface area contributed by atoms with Gasteiger partial charge in [-0.3, -0.25) is 13.9 Å². The molecule has 2 aromatic carbocycles. The van der Waals surface area contributed by atoms with Gasteiger partial charge >= 0.3 is 5.69 Å². The summed E-state index contributed by atoms with van der Waals surface area (Å²) < 4.78 is 30.5. The third-order valence-corrected chi connectivity index (χ3v) is 4.91. The van der Waals surface area contributed by atoms with Crippen LogP contribution < -0.4 is 11.2 Å². The number of rotatable bonds is 6. The predicted octanol–water partition coefficient (Wildman–Crippen LogP) is 4.44. The molecule has 5 nitrogen and oxygen atoms in total. The zero-order valence-electron chi connectivity index (χ0n) is 14.9. The van der Waals surface area contributed by atoms with Crippen LogP contribution in [0.3, 0.4) is 0 Å². The molecule has 0 spiro atoms. The number of aromatic hydroxyl groups is 1. The van der Waals surface area contributed by atoms with Gasteiger partial charge in [-0.05, 0) is 35.4 Å². The molecule has 1 heterocycles. The second kappa shape index (κ2) is 8.80. The van der Waals surface area contributed by atoms with Gasteiger partial charge in [0.1, 0.15) is 12.3 Å². The zero-order chi connectivity index (χ0) is 21.1. The smallest absolute Gasteiger partial charge is 0.333 e. The van der Waals surface area contributed by atoms with E-state index in [9.17, 15) is 23.5 Å². The number of hydrogen-bond acceptors (Lipinski definition) is 3. The quantitative estimate of drug-likeness (QED) is 0.615. The Bertz CT molecular complexity index is 1110. The van der Waals surface area contributed by atoms with E-state index in [0.29, 0.717) is 19.2 Å². The van der Waals surface area contributed by atoms with Crippen molar-refractivity contribution in [3.05, 3.63) is 96.6 Å². The fourth-order valence-electron chi connectivity index (χ4n) is 2.82. The summed E-state index contributed by atoms with van der Waals surface area (Å²) in [7, 11) is 0. The number of alkyl halides is 2. The van der Waals surface area contributed by atoms with Crippen LogP contribution in [0, 0.1) is 0 Å². The van der Waals surface area contributed by atoms with Gasteiger partial charge in [0, 0.05) is 10.0 Å². The van der Waals surface area contributed by atoms with E-state index in [0.717, 1.165) is 6.07 Å². The van der Waals surface area contributed by atoms with Crippen LogP contribution in [0.15, 0.2) is 64.2 Å². The first-order valence-corrected chi connectivity index (χ1v) is 9.34. The van der Waals surface area contributed by atoms with Gasteiger partial charge in [0.05, 0.1) is 19.2 Å². The molecule has 0 radical (unpaired) electrons. The normalized spacial score (nSPS) is 13.2. The Hall–Kier alpha value is -2.64. The summed E-state index contributed by atoms with van der Waals surface area (Å²) >= 11 is 11.5. The lowest BCUT2D eigenvalue weighted by atomic mass is 10.1. The van der Waals surface area contributed by atoms with Crippen molar-refractivity contribution in [2.24, 2.45) is 0 Å². The molecular weight excluding hydrogens is 425 g/mol. The highest BCUT2D eigenvalue weighted by Gasteiger charge is 2.19. The van der Waals surface area contributed by atoms with Crippen molar-refractivity contribution in [3.63, 3.8) is 0 Å². The Morgan fingerprint density at radius 1 is 0.793 bits per heavy atom. The van der Waals surface area contributed by atoms with E-state index in [1.807, 2.05) is 0 Å². The first-order chi connectivity index (χ1) is 13.8. The third-order valence-electron chi connectivity index (χ3n) is 4.41. The van der Waals surface area contributed by atoms with Crippen LogP contribution in [-0.2, 0) is 13.1 Å². The van der Waals surface area contributed by atoms with Crippen LogP contribution in [-0.4, -0.2) is 14.2 Å². The van der Waals surface area contributed by atoms with Crippen molar-refractivity contribution < 1.29 is 13.9 Å². The molecule has 0 aliphatic heterocycles. The van der Waals surface area contributed by atoms with E-state index >= 15 is 0 Å². The zero-order valence-corrected chi connectivity index (χ0v) is 16.4. The third kappa shape index (κ3) is 4.86. The first-order valence-electron chi connectivity index (χ1n) is 8.59. The van der Waals surface area contributed by atoms with Gasteiger partial charge in [-0.25, -0.2) is 13.6 Å². The molecule has 0 saturated heterocycles. The lowest BCUT2D eigenvalue weighted by Crippen LogP contribution is -2.40. The Kier molecular flexibility index (Phi) is 6.39. The van der Waals surface area contributed by atoms with Gasteiger partial charge in [0.15, 0.2) is 0 Å². The van der Waals surface area contributed by atoms with E-state index in [1.54, 1.807) is 0 Å². The monoisotopic (exact) mass is 440 g/mol. The molecule has 3 rings (SSSR count). The average Bonchev–Trinajstić information content (AvgIpc) is 2.69. The number of benzene rings is 2. The minimum absolute atomic E-state index is 0.227. The van der Waals surface area contributed by atoms with E-state index in [2.05, 4.69) is 0 Å². The molecule has 9 heteroatoms. The summed E-state index contributed by atoms with van der Waals surface area (Å²) in [6.45, 7) is -1.14. The molecule has 3 aromatic rings. The van der Waals surface area contributed by atoms with E-state index in [4.69, 9.17) is 23.2 Å². The predicted molar refractivity (Wildman–Crippen MR) is 107 cm³/mol. The largest absolute Gasteiger partial charge is 0.494 e. The second-order valence-electron chi connectivity index (χ2n) is 6.38. The molecule has 1 aromatic heterocycles. The SMILES string of the molecule is O=c1cc(O)n(C[C@H](F)c2ccc(Cl)cc2)c(=O)n1C[C@H](F)c1ccc(Cl)cc1. The summed E-state index contributed by atoms with van der Waals surface area (Å²) in [4.78, 5) is 24.8. The molecule has 2 atom stereocenters. The molecule has 29 heavy (non-hydrogen) atoms. The van der Waals surface area contributed by atoms with Crippen LogP contribution in [0.1, 0.15) is 23.5 Å². The summed E-state index contributed by atoms with van der Waals surface area (Å²) in [6.07, 6.45) is -3.33. The van der Waals surface area contributed by atoms with Crippen molar-refractivity contribution in [2.45, 2.75) is 25.4 Å². The van der Waals surface area contributed by atoms with Crippen LogP contribution >= 0.6 is 23.2 Å². The number of halogens is 4. The summed E-state index contributed by atoms with van der Waals surface area (Å²) in [5.41, 5.74) is -1.43. The first kappa shape index (κ1) is 21.1. The molecule has 0 saturated carbocycles. The Labute approximate surface area is 174 Å². The van der Waals surface area contributed by atoms with E-state index in [-0.39, 0.29) is 11.1 Å². The van der Waals surface area contributed by atoms with Crippen molar-refractivity contribution in [1.29, 1.82) is 0 Å². The number of aromatic nitrogens is 2. The molecule has 0 bridgehead atoms. The lowest BCUT2D eigenvalue weighted by molar-refractivity contribution is 0.261. The highest BCUT2D eigenvalue weighted by atomic mass is 35.5. The Morgan fingerprint density at radius 3 is 1.66 bits per heavy atom. The molecule has 0 amide bonds. The molecule has 0 unspecified atom stereocenters. The molecular formula is C20H16Cl2F2N2O3. The van der Waals surface area contributed by atoms with Crippen molar-refractivity contribution in [2.75, 3.05) is 0 Å². The summed E-state index contributed by atoms with van der Waals surface area (Å²) in [5.74, 6) is -0.699. The van der Waals surface area contributed by atoms with Gasteiger partial charge in [-0.15, -0.1) is 0 Å². The van der Waals surface area contributed by atoms with Gasteiger partial charge in [-0.1, -0.05) is 47.5 Å². The molecule has 0 aliphatic rings. The summed E-state index contributed by atoms with van der Waals surface area (Å²) in [5, 5.41) is 10.8. The maximum Gasteiger partial charge on any atom is 0.333 e. The van der Waals surface area contributed by atoms with Crippen LogP contribution in [0.25, 0.3) is 0 Å². The minimum Gasteiger partial charge on any atom is -0.494 e. The molecule has 1 N–H and O–H groups in total. The van der Waals surface area contributed by atoms with Crippen molar-refractivity contribution >= 4 is 23.2 Å². The van der Waals surface area contributed by atoms with Gasteiger partial charge < -0.3 is 5.11 Å². The average molecular weight is 441 g/mol. The van der Waals surface area contributed by atoms with E-state index < -0.39 is 42.6 Å². The standard InChI is InChI=1S/C20H16Cl2F2N2O3/c21-14-5-1-12(2-6-14)16(23)10-25-18(27)9-19(28)26(20(25)29)11-17(24)13-3-7-15(22)8-4-13/h1-9,16-17,27H,10-11H2/t16-,17-/m0/s1. The minimum atomic E-state index is -1.67. The maximum absolute atomic E-state index is 14.6. The fourth-order valence-corrected chi connectivity index (χ4v) is 3.07. The Morgan fingerprint density at radius 2 is 1.21 bits per heavy atom. The molecule has 152 valence electrons. The highest BCUT2D eigenvalue weighted by Crippen LogP contribution is 2.23. The number of hydrogen-bond donors (Lipinski definition) is 1. The summed E-state index contributed by atoms with van der Waals surface area (Å²) in [6, 6.07) is 12.5. The highest BCUT2D eigenvalue weighted by molar-refractivity contribution is 6.30. The topological polar surface area (TPSA) is 64.2 Å². The molecule has 0 aliphatic carbocycles. The fraction of sp³-hybridized carbons (Fsp3) is 0.200. The van der Waals surface area contributed by atoms with Crippen LogP contribution in [0.4, 0.5) is 8.78 Å². The van der Waals surface area contributed by atoms with Crippen molar-refractivity contribution in [3.8, 4) is 5.88 Å². The lowest BCUT2D eigenvalue weighted by Gasteiger charge is -2.16. The van der Waals surface area contributed by atoms with Crippen LogP contribution in [0.2, 0.25) is 10.0 Å². The van der Waals surface area contributed by atoms with E-state index in [1.165, 1.54) is 48.5 Å². The van der Waals surface area contributed by atoms with Gasteiger partial charge in [0.25, 0.3) is 5.56 Å². The number of nitrogens with zero attached hydrogens (tertiary/aromatic N) is 2. The second-order valence-corrected chi connectivity index (χ2v) is 7.26. The molecule has 0 fully saturated rings.